The average molecular weight is 236 g/mol. The molecule has 3 heteroatoms. The monoisotopic (exact) mass is 236 g/mol. The highest BCUT2D eigenvalue weighted by atomic mass is 16.3. The van der Waals surface area contributed by atoms with Crippen LogP contribution in [0, 0.1) is 0 Å². The van der Waals surface area contributed by atoms with E-state index in [1.54, 1.807) is 0 Å². The Kier molecular flexibility index (Phi) is 5.62. The van der Waals surface area contributed by atoms with E-state index in [-0.39, 0.29) is 12.1 Å². The second-order valence-corrected chi connectivity index (χ2v) is 4.76. The highest BCUT2D eigenvalue weighted by molar-refractivity contribution is 5.14. The molecule has 0 saturated heterocycles. The molecule has 0 fully saturated rings. The molecule has 0 heterocycles. The smallest absolute Gasteiger partial charge is 0.0623 e. The van der Waals surface area contributed by atoms with Gasteiger partial charge in [-0.15, -0.1) is 0 Å². The molecule has 0 radical (unpaired) electrons. The first-order valence-corrected chi connectivity index (χ1v) is 6.19. The van der Waals surface area contributed by atoms with Crippen molar-refractivity contribution in [2.24, 2.45) is 0 Å². The molecule has 0 aliphatic heterocycles. The Morgan fingerprint density at radius 1 is 1.29 bits per heavy atom. The maximum atomic E-state index is 9.41. The normalized spacial score (nSPS) is 14.9. The topological polar surface area (TPSA) is 35.5 Å². The van der Waals surface area contributed by atoms with Gasteiger partial charge >= 0.3 is 0 Å². The van der Waals surface area contributed by atoms with Crippen LogP contribution in [0.5, 0.6) is 0 Å². The Labute approximate surface area is 104 Å². The number of benzene rings is 1. The number of rotatable bonds is 7. The second kappa shape index (κ2) is 6.74. The molecule has 17 heavy (non-hydrogen) atoms. The third-order valence-electron chi connectivity index (χ3n) is 3.22. The quantitative estimate of drug-likeness (QED) is 0.753. The van der Waals surface area contributed by atoms with E-state index in [0.717, 1.165) is 19.6 Å². The maximum absolute atomic E-state index is 9.41. The van der Waals surface area contributed by atoms with E-state index in [4.69, 9.17) is 0 Å². The first-order chi connectivity index (χ1) is 8.13. The van der Waals surface area contributed by atoms with Gasteiger partial charge in [-0.3, -0.25) is 4.90 Å². The SMILES string of the molecule is CCN(Cc1ccccc1)CC(C)(CO)NC. The molecule has 1 aromatic rings. The Hall–Kier alpha value is -0.900. The minimum atomic E-state index is -0.231. The van der Waals surface area contributed by atoms with Gasteiger partial charge in [0.25, 0.3) is 0 Å². The summed E-state index contributed by atoms with van der Waals surface area (Å²) in [6.45, 7) is 7.08. The second-order valence-electron chi connectivity index (χ2n) is 4.76. The van der Waals surface area contributed by atoms with Crippen molar-refractivity contribution in [3.63, 3.8) is 0 Å². The zero-order chi connectivity index (χ0) is 12.7. The Morgan fingerprint density at radius 3 is 2.41 bits per heavy atom. The number of hydrogen-bond donors (Lipinski definition) is 2. The first kappa shape index (κ1) is 14.2. The van der Waals surface area contributed by atoms with Crippen LogP contribution in [0.3, 0.4) is 0 Å². The molecule has 0 spiro atoms. The van der Waals surface area contributed by atoms with Crippen molar-refractivity contribution in [3.8, 4) is 0 Å². The minimum absolute atomic E-state index is 0.148. The fourth-order valence-electron chi connectivity index (χ4n) is 1.82. The van der Waals surface area contributed by atoms with Gasteiger partial charge in [-0.1, -0.05) is 37.3 Å². The third-order valence-corrected chi connectivity index (χ3v) is 3.22. The van der Waals surface area contributed by atoms with Crippen LogP contribution >= 0.6 is 0 Å². The van der Waals surface area contributed by atoms with E-state index in [0.29, 0.717) is 0 Å². The molecule has 3 nitrogen and oxygen atoms in total. The molecule has 2 N–H and O–H groups in total. The molecular weight excluding hydrogens is 212 g/mol. The van der Waals surface area contributed by atoms with Crippen molar-refractivity contribution in [2.45, 2.75) is 25.9 Å². The van der Waals surface area contributed by atoms with Crippen LogP contribution in [0.15, 0.2) is 30.3 Å². The highest BCUT2D eigenvalue weighted by Gasteiger charge is 2.23. The van der Waals surface area contributed by atoms with Gasteiger partial charge in [-0.25, -0.2) is 0 Å². The fourth-order valence-corrected chi connectivity index (χ4v) is 1.82. The number of nitrogens with one attached hydrogen (secondary N) is 1. The molecule has 0 aromatic heterocycles. The van der Waals surface area contributed by atoms with E-state index < -0.39 is 0 Å². The van der Waals surface area contributed by atoms with Crippen LogP contribution in [0.2, 0.25) is 0 Å². The van der Waals surface area contributed by atoms with Crippen LogP contribution in [0.25, 0.3) is 0 Å². The van der Waals surface area contributed by atoms with Crippen molar-refractivity contribution < 1.29 is 5.11 Å². The summed E-state index contributed by atoms with van der Waals surface area (Å²) in [5, 5.41) is 12.6. The molecule has 96 valence electrons. The van der Waals surface area contributed by atoms with E-state index in [9.17, 15) is 5.11 Å². The van der Waals surface area contributed by atoms with Gasteiger partial charge in [0.2, 0.25) is 0 Å². The van der Waals surface area contributed by atoms with Gasteiger partial charge in [0.05, 0.1) is 12.1 Å². The van der Waals surface area contributed by atoms with Gasteiger partial charge in [-0.05, 0) is 26.1 Å². The van der Waals surface area contributed by atoms with Crippen LogP contribution in [0.1, 0.15) is 19.4 Å². The summed E-state index contributed by atoms with van der Waals surface area (Å²) in [4.78, 5) is 2.34. The Bertz CT molecular complexity index is 309. The lowest BCUT2D eigenvalue weighted by Gasteiger charge is -2.33. The number of nitrogens with zero attached hydrogens (tertiary/aromatic N) is 1. The molecule has 1 atom stereocenters. The molecule has 0 aliphatic carbocycles. The first-order valence-electron chi connectivity index (χ1n) is 6.19. The zero-order valence-electron chi connectivity index (χ0n) is 11.1. The summed E-state index contributed by atoms with van der Waals surface area (Å²) in [6.07, 6.45) is 0. The van der Waals surface area contributed by atoms with E-state index in [2.05, 4.69) is 41.4 Å². The number of likely N-dealkylation sites (N-methyl/N-ethyl adjacent to an activating group) is 2. The molecule has 0 saturated carbocycles. The summed E-state index contributed by atoms with van der Waals surface area (Å²) in [6, 6.07) is 10.4. The van der Waals surface area contributed by atoms with E-state index in [1.165, 1.54) is 5.56 Å². The van der Waals surface area contributed by atoms with Crippen molar-refractivity contribution in [2.75, 3.05) is 26.7 Å². The van der Waals surface area contributed by atoms with Gasteiger partial charge in [-0.2, -0.15) is 0 Å². The van der Waals surface area contributed by atoms with Gasteiger partial charge in [0.1, 0.15) is 0 Å². The average Bonchev–Trinajstić information content (AvgIpc) is 2.39. The Morgan fingerprint density at radius 2 is 1.94 bits per heavy atom. The zero-order valence-corrected chi connectivity index (χ0v) is 11.1. The summed E-state index contributed by atoms with van der Waals surface area (Å²) in [7, 11) is 1.90. The number of aliphatic hydroxyl groups excluding tert-OH is 1. The summed E-state index contributed by atoms with van der Waals surface area (Å²) in [5.74, 6) is 0. The number of aliphatic hydroxyl groups is 1. The summed E-state index contributed by atoms with van der Waals surface area (Å²) >= 11 is 0. The maximum Gasteiger partial charge on any atom is 0.0623 e. The van der Waals surface area contributed by atoms with E-state index in [1.807, 2.05) is 20.0 Å². The van der Waals surface area contributed by atoms with Crippen molar-refractivity contribution in [3.05, 3.63) is 35.9 Å². The van der Waals surface area contributed by atoms with E-state index >= 15 is 0 Å². The predicted octanol–water partition coefficient (Wildman–Crippen LogP) is 1.48. The molecular formula is C14H24N2O. The molecule has 1 rings (SSSR count). The van der Waals surface area contributed by atoms with Gasteiger partial charge in [0, 0.05) is 13.1 Å². The summed E-state index contributed by atoms with van der Waals surface area (Å²) in [5.41, 5.74) is 1.08. The van der Waals surface area contributed by atoms with Gasteiger partial charge in [0.15, 0.2) is 0 Å². The van der Waals surface area contributed by atoms with Gasteiger partial charge < -0.3 is 10.4 Å². The van der Waals surface area contributed by atoms with Crippen LogP contribution in [0.4, 0.5) is 0 Å². The lowest BCUT2D eigenvalue weighted by atomic mass is 10.0. The van der Waals surface area contributed by atoms with Crippen molar-refractivity contribution in [1.29, 1.82) is 0 Å². The fraction of sp³-hybridized carbons (Fsp3) is 0.571. The lowest BCUT2D eigenvalue weighted by molar-refractivity contribution is 0.125. The lowest BCUT2D eigenvalue weighted by Crippen LogP contribution is -2.52. The number of hydrogen-bond acceptors (Lipinski definition) is 3. The molecule has 1 unspecified atom stereocenters. The highest BCUT2D eigenvalue weighted by Crippen LogP contribution is 2.09. The molecule has 0 aliphatic rings. The molecule has 0 bridgehead atoms. The molecule has 0 amide bonds. The third kappa shape index (κ3) is 4.46. The van der Waals surface area contributed by atoms with Crippen LogP contribution in [-0.2, 0) is 6.54 Å². The largest absolute Gasteiger partial charge is 0.394 e. The summed E-state index contributed by atoms with van der Waals surface area (Å²) < 4.78 is 0. The standard InChI is InChI=1S/C14H24N2O/c1-4-16(11-14(2,12-17)15-3)10-13-8-6-5-7-9-13/h5-9,15,17H,4,10-12H2,1-3H3. The van der Waals surface area contributed by atoms with Crippen LogP contribution in [-0.4, -0.2) is 42.3 Å². The van der Waals surface area contributed by atoms with Crippen molar-refractivity contribution >= 4 is 0 Å². The van der Waals surface area contributed by atoms with Crippen LogP contribution < -0.4 is 5.32 Å². The predicted molar refractivity (Wildman–Crippen MR) is 71.9 cm³/mol. The minimum Gasteiger partial charge on any atom is -0.394 e. The van der Waals surface area contributed by atoms with Crippen molar-refractivity contribution in [1.82, 2.24) is 10.2 Å². The molecule has 1 aromatic carbocycles. The Balaban J connectivity index is 2.60.